The van der Waals surface area contributed by atoms with Crippen LogP contribution < -0.4 is 4.74 Å². The SMILES string of the molecule is Cc1nc(OCCCC(C)C)ccc1CO. The molecule has 1 heterocycles. The molecule has 3 nitrogen and oxygen atoms in total. The van der Waals surface area contributed by atoms with Crippen LogP contribution in [0, 0.1) is 12.8 Å². The first kappa shape index (κ1) is 13.0. The largest absolute Gasteiger partial charge is 0.478 e. The monoisotopic (exact) mass is 223 g/mol. The second kappa shape index (κ2) is 6.48. The van der Waals surface area contributed by atoms with E-state index in [1.54, 1.807) is 0 Å². The maximum absolute atomic E-state index is 9.00. The molecule has 0 aliphatic heterocycles. The van der Waals surface area contributed by atoms with Gasteiger partial charge in [0.25, 0.3) is 0 Å². The van der Waals surface area contributed by atoms with Crippen LogP contribution in [0.15, 0.2) is 12.1 Å². The van der Waals surface area contributed by atoms with Crippen molar-refractivity contribution in [2.24, 2.45) is 5.92 Å². The third-order valence-corrected chi connectivity index (χ3v) is 2.52. The molecule has 0 saturated heterocycles. The number of rotatable bonds is 6. The molecule has 3 heteroatoms. The zero-order valence-electron chi connectivity index (χ0n) is 10.4. The topological polar surface area (TPSA) is 42.4 Å². The fourth-order valence-corrected chi connectivity index (χ4v) is 1.48. The zero-order chi connectivity index (χ0) is 12.0. The van der Waals surface area contributed by atoms with E-state index in [0.717, 1.165) is 23.6 Å². The minimum atomic E-state index is 0.0342. The first-order valence-electron chi connectivity index (χ1n) is 5.83. The molecule has 0 aromatic carbocycles. The van der Waals surface area contributed by atoms with Gasteiger partial charge in [-0.15, -0.1) is 0 Å². The first-order valence-corrected chi connectivity index (χ1v) is 5.83. The van der Waals surface area contributed by atoms with Gasteiger partial charge in [-0.1, -0.05) is 13.8 Å². The molecule has 1 aromatic rings. The molecule has 0 saturated carbocycles. The van der Waals surface area contributed by atoms with Gasteiger partial charge in [0, 0.05) is 11.8 Å². The third kappa shape index (κ3) is 4.19. The highest BCUT2D eigenvalue weighted by Gasteiger charge is 2.01. The average Bonchev–Trinajstić information content (AvgIpc) is 2.24. The molecule has 0 radical (unpaired) electrons. The Bertz CT molecular complexity index is 324. The Kier molecular flexibility index (Phi) is 5.26. The van der Waals surface area contributed by atoms with Crippen LogP contribution in [-0.2, 0) is 6.61 Å². The number of aliphatic hydroxyl groups is 1. The summed E-state index contributed by atoms with van der Waals surface area (Å²) in [4.78, 5) is 4.28. The van der Waals surface area contributed by atoms with Crippen molar-refractivity contribution in [3.8, 4) is 5.88 Å². The van der Waals surface area contributed by atoms with E-state index in [2.05, 4.69) is 18.8 Å². The summed E-state index contributed by atoms with van der Waals surface area (Å²) in [5.74, 6) is 1.37. The van der Waals surface area contributed by atoms with Gasteiger partial charge in [0.1, 0.15) is 0 Å². The molecule has 1 aromatic heterocycles. The number of nitrogens with zero attached hydrogens (tertiary/aromatic N) is 1. The highest BCUT2D eigenvalue weighted by Crippen LogP contribution is 2.13. The van der Waals surface area contributed by atoms with Gasteiger partial charge in [-0.05, 0) is 37.3 Å². The van der Waals surface area contributed by atoms with E-state index in [1.165, 1.54) is 6.42 Å². The van der Waals surface area contributed by atoms with E-state index in [9.17, 15) is 0 Å². The lowest BCUT2D eigenvalue weighted by Gasteiger charge is -2.08. The summed E-state index contributed by atoms with van der Waals surface area (Å²) in [5.41, 5.74) is 1.69. The normalized spacial score (nSPS) is 10.8. The quantitative estimate of drug-likeness (QED) is 0.754. The molecule has 1 N–H and O–H groups in total. The lowest BCUT2D eigenvalue weighted by molar-refractivity contribution is 0.275. The Balaban J connectivity index is 2.40. The molecule has 0 amide bonds. The third-order valence-electron chi connectivity index (χ3n) is 2.52. The first-order chi connectivity index (χ1) is 7.63. The summed E-state index contributed by atoms with van der Waals surface area (Å²) < 4.78 is 5.54. The van der Waals surface area contributed by atoms with Crippen LogP contribution in [0.3, 0.4) is 0 Å². The Morgan fingerprint density at radius 1 is 1.38 bits per heavy atom. The summed E-state index contributed by atoms with van der Waals surface area (Å²) in [6.45, 7) is 7.04. The number of hydrogen-bond donors (Lipinski definition) is 1. The van der Waals surface area contributed by atoms with Gasteiger partial charge >= 0.3 is 0 Å². The average molecular weight is 223 g/mol. The number of pyridine rings is 1. The molecule has 0 bridgehead atoms. The van der Waals surface area contributed by atoms with Crippen molar-refractivity contribution in [1.29, 1.82) is 0 Å². The van der Waals surface area contributed by atoms with Crippen molar-refractivity contribution in [2.45, 2.75) is 40.2 Å². The van der Waals surface area contributed by atoms with Crippen molar-refractivity contribution in [2.75, 3.05) is 6.61 Å². The van der Waals surface area contributed by atoms with Crippen LogP contribution in [0.1, 0.15) is 37.9 Å². The molecule has 0 aliphatic carbocycles. The second-order valence-corrected chi connectivity index (χ2v) is 4.44. The van der Waals surface area contributed by atoms with E-state index in [4.69, 9.17) is 9.84 Å². The van der Waals surface area contributed by atoms with Gasteiger partial charge in [-0.25, -0.2) is 4.98 Å². The van der Waals surface area contributed by atoms with E-state index >= 15 is 0 Å². The van der Waals surface area contributed by atoms with Crippen molar-refractivity contribution in [1.82, 2.24) is 4.98 Å². The minimum absolute atomic E-state index is 0.0342. The summed E-state index contributed by atoms with van der Waals surface area (Å²) in [6.07, 6.45) is 2.23. The molecule has 0 unspecified atom stereocenters. The van der Waals surface area contributed by atoms with Gasteiger partial charge in [-0.2, -0.15) is 0 Å². The van der Waals surface area contributed by atoms with Gasteiger partial charge in [0.2, 0.25) is 5.88 Å². The van der Waals surface area contributed by atoms with E-state index < -0.39 is 0 Å². The lowest BCUT2D eigenvalue weighted by atomic mass is 10.1. The van der Waals surface area contributed by atoms with Crippen molar-refractivity contribution in [3.05, 3.63) is 23.4 Å². The number of aryl methyl sites for hydroxylation is 1. The van der Waals surface area contributed by atoms with Gasteiger partial charge in [0.05, 0.1) is 13.2 Å². The molecule has 0 spiro atoms. The number of ether oxygens (including phenoxy) is 1. The van der Waals surface area contributed by atoms with Gasteiger partial charge in [0.15, 0.2) is 0 Å². The molecule has 1 rings (SSSR count). The molecule has 0 aliphatic rings. The standard InChI is InChI=1S/C13H21NO2/c1-10(2)5-4-8-16-13-7-6-12(9-15)11(3)14-13/h6-7,10,15H,4-5,8-9H2,1-3H3. The molecule has 16 heavy (non-hydrogen) atoms. The Morgan fingerprint density at radius 2 is 2.12 bits per heavy atom. The predicted octanol–water partition coefficient (Wildman–Crippen LogP) is 2.70. The van der Waals surface area contributed by atoms with Crippen LogP contribution in [0.4, 0.5) is 0 Å². The number of aliphatic hydroxyl groups excluding tert-OH is 1. The summed E-state index contributed by atoms with van der Waals surface area (Å²) in [5, 5.41) is 9.00. The second-order valence-electron chi connectivity index (χ2n) is 4.44. The van der Waals surface area contributed by atoms with Crippen molar-refractivity contribution >= 4 is 0 Å². The van der Waals surface area contributed by atoms with Crippen LogP contribution in [0.5, 0.6) is 5.88 Å². The van der Waals surface area contributed by atoms with E-state index in [0.29, 0.717) is 12.5 Å². The molecular formula is C13H21NO2. The number of aromatic nitrogens is 1. The molecule has 0 atom stereocenters. The minimum Gasteiger partial charge on any atom is -0.478 e. The molecule has 90 valence electrons. The fraction of sp³-hybridized carbons (Fsp3) is 0.615. The summed E-state index contributed by atoms with van der Waals surface area (Å²) >= 11 is 0. The Hall–Kier alpha value is -1.09. The lowest BCUT2D eigenvalue weighted by Crippen LogP contribution is -2.02. The summed E-state index contributed by atoms with van der Waals surface area (Å²) in [6, 6.07) is 3.67. The van der Waals surface area contributed by atoms with Crippen LogP contribution in [0.25, 0.3) is 0 Å². The molecular weight excluding hydrogens is 202 g/mol. The summed E-state index contributed by atoms with van der Waals surface area (Å²) in [7, 11) is 0. The van der Waals surface area contributed by atoms with E-state index in [-0.39, 0.29) is 6.61 Å². The fourth-order valence-electron chi connectivity index (χ4n) is 1.48. The Labute approximate surface area is 97.5 Å². The highest BCUT2D eigenvalue weighted by molar-refractivity contribution is 5.24. The number of hydrogen-bond acceptors (Lipinski definition) is 3. The Morgan fingerprint density at radius 3 is 2.69 bits per heavy atom. The smallest absolute Gasteiger partial charge is 0.213 e. The van der Waals surface area contributed by atoms with E-state index in [1.807, 2.05) is 19.1 Å². The zero-order valence-corrected chi connectivity index (χ0v) is 10.4. The maximum atomic E-state index is 9.00. The highest BCUT2D eigenvalue weighted by atomic mass is 16.5. The predicted molar refractivity (Wildman–Crippen MR) is 64.5 cm³/mol. The maximum Gasteiger partial charge on any atom is 0.213 e. The van der Waals surface area contributed by atoms with Crippen molar-refractivity contribution in [3.63, 3.8) is 0 Å². The van der Waals surface area contributed by atoms with Crippen molar-refractivity contribution < 1.29 is 9.84 Å². The van der Waals surface area contributed by atoms with Crippen LogP contribution in [0.2, 0.25) is 0 Å². The van der Waals surface area contributed by atoms with Crippen LogP contribution >= 0.6 is 0 Å². The van der Waals surface area contributed by atoms with Crippen LogP contribution in [-0.4, -0.2) is 16.7 Å². The molecule has 0 fully saturated rings. The van der Waals surface area contributed by atoms with Gasteiger partial charge in [-0.3, -0.25) is 0 Å². The van der Waals surface area contributed by atoms with Gasteiger partial charge < -0.3 is 9.84 Å².